The third-order valence-electron chi connectivity index (χ3n) is 9.98. The molecule has 0 N–H and O–H groups in total. The largest absolute Gasteiger partial charge is 0.384 e. The molecule has 2 saturated carbocycles. The quantitative estimate of drug-likeness (QED) is 0.550. The molecule has 1 aromatic carbocycles. The topological polar surface area (TPSA) is 46.6 Å². The predicted octanol–water partition coefficient (Wildman–Crippen LogP) is 5.87. The van der Waals surface area contributed by atoms with Gasteiger partial charge in [0, 0.05) is 39.2 Å². The van der Waals surface area contributed by atoms with Gasteiger partial charge in [-0.25, -0.2) is 0 Å². The predicted molar refractivity (Wildman–Crippen MR) is 136 cm³/mol. The molecule has 0 aliphatic heterocycles. The average Bonchev–Trinajstić information content (AvgIpc) is 3.11. The van der Waals surface area contributed by atoms with Gasteiger partial charge in [0.1, 0.15) is 5.78 Å². The van der Waals surface area contributed by atoms with Crippen molar-refractivity contribution in [1.82, 2.24) is 0 Å². The summed E-state index contributed by atoms with van der Waals surface area (Å²) < 4.78 is 5.74. The minimum atomic E-state index is -0.414. The summed E-state index contributed by atoms with van der Waals surface area (Å²) in [6.45, 7) is 4.69. The second kappa shape index (κ2) is 8.48. The highest BCUT2D eigenvalue weighted by atomic mass is 16.5. The lowest BCUT2D eigenvalue weighted by Crippen LogP contribution is -2.52. The highest BCUT2D eigenvalue weighted by molar-refractivity contribution is 5.93. The monoisotopic (exact) mass is 461 g/mol. The molecule has 0 amide bonds. The molecule has 4 aliphatic rings. The van der Waals surface area contributed by atoms with Crippen LogP contribution in [0.3, 0.4) is 0 Å². The number of anilines is 1. The number of allylic oxidation sites excluding steroid dienone is 4. The molecule has 0 radical (unpaired) electrons. The maximum atomic E-state index is 13.3. The highest BCUT2D eigenvalue weighted by Crippen LogP contribution is 2.69. The molecule has 182 valence electrons. The first-order valence-corrected chi connectivity index (χ1v) is 13.0. The second-order valence-corrected chi connectivity index (χ2v) is 11.6. The Morgan fingerprint density at radius 2 is 1.85 bits per heavy atom. The van der Waals surface area contributed by atoms with Crippen LogP contribution in [-0.4, -0.2) is 39.4 Å². The van der Waals surface area contributed by atoms with Crippen LogP contribution in [0.2, 0.25) is 0 Å². The second-order valence-electron chi connectivity index (χ2n) is 11.6. The number of Topliss-reactive ketones (excluding diaryl/α,β-unsaturated/α-hetero) is 1. The first-order chi connectivity index (χ1) is 16.2. The number of fused-ring (bicyclic) bond motifs is 4. The summed E-state index contributed by atoms with van der Waals surface area (Å²) >= 11 is 0. The minimum absolute atomic E-state index is 0.0971. The van der Waals surface area contributed by atoms with Crippen molar-refractivity contribution in [3.05, 3.63) is 52.6 Å². The third-order valence-corrected chi connectivity index (χ3v) is 9.98. The van der Waals surface area contributed by atoms with Gasteiger partial charge < -0.3 is 9.64 Å². The number of hydrogen-bond acceptors (Lipinski definition) is 4. The molecule has 5 atom stereocenters. The zero-order chi connectivity index (χ0) is 24.3. The third kappa shape index (κ3) is 3.36. The van der Waals surface area contributed by atoms with E-state index >= 15 is 0 Å². The van der Waals surface area contributed by atoms with E-state index in [0.717, 1.165) is 38.5 Å². The molecule has 4 nitrogen and oxygen atoms in total. The Labute approximate surface area is 204 Å². The van der Waals surface area contributed by atoms with Gasteiger partial charge in [0.15, 0.2) is 5.78 Å². The SMILES string of the molecule is COC[C@]1(C(C)=O)CCC2C3CCC4=CC(=O)CCC4=C3[C@@H](c3ccc(N(C)C)cc3)C[C@@]21C. The summed E-state index contributed by atoms with van der Waals surface area (Å²) in [6, 6.07) is 9.02. The number of ether oxygens (including phenoxy) is 1. The van der Waals surface area contributed by atoms with Crippen molar-refractivity contribution >= 4 is 17.3 Å². The number of rotatable bonds is 5. The minimum Gasteiger partial charge on any atom is -0.384 e. The number of nitrogens with zero attached hydrogens (tertiary/aromatic N) is 1. The lowest BCUT2D eigenvalue weighted by molar-refractivity contribution is -0.142. The van der Waals surface area contributed by atoms with Crippen LogP contribution in [0.25, 0.3) is 0 Å². The fourth-order valence-electron chi connectivity index (χ4n) is 8.24. The van der Waals surface area contributed by atoms with Crippen molar-refractivity contribution < 1.29 is 14.3 Å². The molecule has 34 heavy (non-hydrogen) atoms. The summed E-state index contributed by atoms with van der Waals surface area (Å²) in [4.78, 5) is 27.6. The van der Waals surface area contributed by atoms with Crippen molar-refractivity contribution in [3.63, 3.8) is 0 Å². The van der Waals surface area contributed by atoms with Crippen LogP contribution in [0.5, 0.6) is 0 Å². The van der Waals surface area contributed by atoms with Gasteiger partial charge in [-0.1, -0.05) is 24.6 Å². The van der Waals surface area contributed by atoms with Gasteiger partial charge in [-0.05, 0) is 97.6 Å². The molecule has 0 heterocycles. The lowest BCUT2D eigenvalue weighted by Gasteiger charge is -2.55. The van der Waals surface area contributed by atoms with Crippen LogP contribution >= 0.6 is 0 Å². The fourth-order valence-corrected chi connectivity index (χ4v) is 8.24. The van der Waals surface area contributed by atoms with Crippen molar-refractivity contribution in [1.29, 1.82) is 0 Å². The molecule has 4 heteroatoms. The van der Waals surface area contributed by atoms with Crippen LogP contribution in [0, 0.1) is 22.7 Å². The maximum absolute atomic E-state index is 13.3. The van der Waals surface area contributed by atoms with Crippen molar-refractivity contribution in [3.8, 4) is 0 Å². The van der Waals surface area contributed by atoms with Crippen molar-refractivity contribution in [2.24, 2.45) is 22.7 Å². The average molecular weight is 462 g/mol. The van der Waals surface area contributed by atoms with Gasteiger partial charge >= 0.3 is 0 Å². The van der Waals surface area contributed by atoms with Gasteiger partial charge in [-0.3, -0.25) is 9.59 Å². The van der Waals surface area contributed by atoms with E-state index in [4.69, 9.17) is 4.74 Å². The van der Waals surface area contributed by atoms with Crippen LogP contribution < -0.4 is 4.90 Å². The summed E-state index contributed by atoms with van der Waals surface area (Å²) in [5.74, 6) is 1.82. The number of methoxy groups -OCH3 is 1. The van der Waals surface area contributed by atoms with Gasteiger partial charge in [0.05, 0.1) is 12.0 Å². The molecule has 0 aromatic heterocycles. The van der Waals surface area contributed by atoms with Gasteiger partial charge in [0.25, 0.3) is 0 Å². The standard InChI is InChI=1S/C30H39NO3/c1-19(32)30(18-34-5)15-14-27-25-12-8-21-16-23(33)11-13-24(21)28(25)26(17-29(27,30)2)20-6-9-22(10-7-20)31(3)4/h6-7,9-10,16,25-27H,8,11-15,17-18H2,1-5H3/t25?,26-,27?,29+,30+/m1/s1. The van der Waals surface area contributed by atoms with E-state index in [2.05, 4.69) is 50.2 Å². The number of carbonyl (C=O) groups is 2. The van der Waals surface area contributed by atoms with Crippen LogP contribution in [-0.2, 0) is 14.3 Å². The van der Waals surface area contributed by atoms with Gasteiger partial charge in [0.2, 0.25) is 0 Å². The number of carbonyl (C=O) groups excluding carboxylic acids is 2. The maximum Gasteiger partial charge on any atom is 0.156 e. The molecule has 0 spiro atoms. The Morgan fingerprint density at radius 3 is 2.50 bits per heavy atom. The molecule has 0 saturated heterocycles. The first-order valence-electron chi connectivity index (χ1n) is 13.0. The lowest BCUT2D eigenvalue weighted by atomic mass is 9.48. The molecule has 0 bridgehead atoms. The highest BCUT2D eigenvalue weighted by Gasteiger charge is 2.65. The Hall–Kier alpha value is -2.20. The number of hydrogen-bond donors (Lipinski definition) is 0. The Balaban J connectivity index is 1.68. The van der Waals surface area contributed by atoms with E-state index in [0.29, 0.717) is 24.9 Å². The Kier molecular flexibility index (Phi) is 5.87. The normalized spacial score (nSPS) is 34.8. The fraction of sp³-hybridized carbons (Fsp3) is 0.600. The van der Waals surface area contributed by atoms with Crippen LogP contribution in [0.4, 0.5) is 5.69 Å². The van der Waals surface area contributed by atoms with E-state index < -0.39 is 5.41 Å². The molecule has 4 aliphatic carbocycles. The zero-order valence-corrected chi connectivity index (χ0v) is 21.4. The number of benzene rings is 1. The smallest absolute Gasteiger partial charge is 0.156 e. The Morgan fingerprint density at radius 1 is 1.12 bits per heavy atom. The summed E-state index contributed by atoms with van der Waals surface area (Å²) in [5, 5.41) is 0. The Bertz CT molecular complexity index is 1070. The van der Waals surface area contributed by atoms with Crippen molar-refractivity contribution in [2.75, 3.05) is 32.7 Å². The molecular formula is C30H39NO3. The van der Waals surface area contributed by atoms with E-state index in [1.165, 1.54) is 22.4 Å². The van der Waals surface area contributed by atoms with Crippen LogP contribution in [0.1, 0.15) is 70.3 Å². The van der Waals surface area contributed by atoms with Crippen LogP contribution in [0.15, 0.2) is 47.1 Å². The summed E-state index contributed by atoms with van der Waals surface area (Å²) in [7, 11) is 5.89. The molecular weight excluding hydrogens is 422 g/mol. The summed E-state index contributed by atoms with van der Waals surface area (Å²) in [6.07, 6.45) is 8.50. The van der Waals surface area contributed by atoms with E-state index in [1.807, 2.05) is 6.08 Å². The van der Waals surface area contributed by atoms with E-state index in [1.54, 1.807) is 19.6 Å². The molecule has 2 fully saturated rings. The van der Waals surface area contributed by atoms with Gasteiger partial charge in [-0.2, -0.15) is 0 Å². The van der Waals surface area contributed by atoms with E-state index in [9.17, 15) is 9.59 Å². The number of ketones is 2. The van der Waals surface area contributed by atoms with E-state index in [-0.39, 0.29) is 22.9 Å². The molecule has 2 unspecified atom stereocenters. The van der Waals surface area contributed by atoms with Crippen molar-refractivity contribution in [2.45, 2.75) is 64.7 Å². The molecule has 1 aromatic rings. The zero-order valence-electron chi connectivity index (χ0n) is 21.4. The van der Waals surface area contributed by atoms with Gasteiger partial charge in [-0.15, -0.1) is 0 Å². The molecule has 5 rings (SSSR count). The summed E-state index contributed by atoms with van der Waals surface area (Å²) in [5.41, 5.74) is 6.37. The first kappa shape index (κ1) is 23.5.